The Kier molecular flexibility index (Phi) is 5.03. The zero-order chi connectivity index (χ0) is 14.5. The van der Waals surface area contributed by atoms with Crippen LogP contribution >= 0.6 is 23.8 Å². The van der Waals surface area contributed by atoms with Crippen LogP contribution in [0.2, 0.25) is 5.02 Å². The van der Waals surface area contributed by atoms with Crippen molar-refractivity contribution in [2.75, 3.05) is 5.32 Å². The van der Waals surface area contributed by atoms with E-state index in [1.54, 1.807) is 4.68 Å². The number of nitrogens with zero attached hydrogens (tertiary/aromatic N) is 4. The van der Waals surface area contributed by atoms with Gasteiger partial charge in [0.25, 0.3) is 0 Å². The van der Waals surface area contributed by atoms with Crippen LogP contribution in [-0.2, 0) is 13.5 Å². The third-order valence-corrected chi connectivity index (χ3v) is 3.77. The highest BCUT2D eigenvalue weighted by Gasteiger charge is 2.06. The Bertz CT molecular complexity index is 611. The van der Waals surface area contributed by atoms with Crippen LogP contribution in [0.5, 0.6) is 0 Å². The number of rotatable bonds is 5. The van der Waals surface area contributed by atoms with Crippen LogP contribution in [0.1, 0.15) is 24.2 Å². The van der Waals surface area contributed by atoms with E-state index in [0.29, 0.717) is 0 Å². The summed E-state index contributed by atoms with van der Waals surface area (Å²) in [7, 11) is 1.83. The quantitative estimate of drug-likeness (QED) is 0.861. The molecule has 1 aromatic carbocycles. The average molecular weight is 310 g/mol. The summed E-state index contributed by atoms with van der Waals surface area (Å²) in [6.07, 6.45) is 2.49. The van der Waals surface area contributed by atoms with Gasteiger partial charge in [-0.2, -0.15) is 0 Å². The molecule has 0 atom stereocenters. The topological polar surface area (TPSA) is 55.6 Å². The van der Waals surface area contributed by atoms with Crippen LogP contribution in [0.25, 0.3) is 0 Å². The molecule has 20 heavy (non-hydrogen) atoms. The second kappa shape index (κ2) is 6.76. The smallest absolute Gasteiger partial charge is 0.150 e. The van der Waals surface area contributed by atoms with E-state index in [1.165, 1.54) is 0 Å². The molecule has 0 aliphatic carbocycles. The monoisotopic (exact) mass is 309 g/mol. The molecule has 5 nitrogen and oxygen atoms in total. The maximum Gasteiger partial charge on any atom is 0.150 e. The molecule has 0 unspecified atom stereocenters. The van der Waals surface area contributed by atoms with Gasteiger partial charge in [0.2, 0.25) is 0 Å². The molecule has 0 amide bonds. The second-order valence-corrected chi connectivity index (χ2v) is 5.43. The zero-order valence-electron chi connectivity index (χ0n) is 11.4. The molecule has 7 heteroatoms. The van der Waals surface area contributed by atoms with Crippen molar-refractivity contribution >= 4 is 34.5 Å². The highest BCUT2D eigenvalue weighted by molar-refractivity contribution is 7.80. The van der Waals surface area contributed by atoms with Gasteiger partial charge in [0.1, 0.15) is 0 Å². The number of nitrogens with one attached hydrogen (secondary N) is 1. The van der Waals surface area contributed by atoms with Crippen LogP contribution in [0.3, 0.4) is 0 Å². The molecule has 0 aliphatic rings. The van der Waals surface area contributed by atoms with Crippen LogP contribution in [-0.4, -0.2) is 25.2 Å². The third kappa shape index (κ3) is 3.74. The lowest BCUT2D eigenvalue weighted by atomic mass is 10.2. The van der Waals surface area contributed by atoms with Gasteiger partial charge in [-0.05, 0) is 47.9 Å². The third-order valence-electron chi connectivity index (χ3n) is 3.05. The van der Waals surface area contributed by atoms with E-state index in [2.05, 4.69) is 20.8 Å². The minimum absolute atomic E-state index is 0.739. The van der Waals surface area contributed by atoms with Gasteiger partial charge >= 0.3 is 0 Å². The Labute approximate surface area is 128 Å². The molecule has 0 aliphatic heterocycles. The Morgan fingerprint density at radius 3 is 2.95 bits per heavy atom. The van der Waals surface area contributed by atoms with Crippen molar-refractivity contribution in [2.45, 2.75) is 26.2 Å². The van der Waals surface area contributed by atoms with Crippen LogP contribution in [0.15, 0.2) is 18.2 Å². The zero-order valence-corrected chi connectivity index (χ0v) is 13.0. The lowest BCUT2D eigenvalue weighted by molar-refractivity contribution is 0.664. The molecule has 0 radical (unpaired) electrons. The number of halogens is 1. The van der Waals surface area contributed by atoms with E-state index < -0.39 is 0 Å². The van der Waals surface area contributed by atoms with Gasteiger partial charge in [-0.25, -0.2) is 4.68 Å². The molecule has 0 spiro atoms. The van der Waals surface area contributed by atoms with E-state index in [-0.39, 0.29) is 0 Å². The van der Waals surface area contributed by atoms with Crippen LogP contribution < -0.4 is 5.32 Å². The summed E-state index contributed by atoms with van der Waals surface area (Å²) in [6.45, 7) is 1.97. The van der Waals surface area contributed by atoms with Gasteiger partial charge in [0.05, 0.1) is 4.99 Å². The molecule has 0 saturated heterocycles. The van der Waals surface area contributed by atoms with Gasteiger partial charge in [-0.3, -0.25) is 0 Å². The largest absolute Gasteiger partial charge is 0.350 e. The number of tetrazole rings is 1. The van der Waals surface area contributed by atoms with E-state index in [1.807, 2.05) is 32.2 Å². The molecular weight excluding hydrogens is 294 g/mol. The fourth-order valence-electron chi connectivity index (χ4n) is 1.82. The average Bonchev–Trinajstić information content (AvgIpc) is 2.81. The van der Waals surface area contributed by atoms with E-state index in [0.717, 1.165) is 46.3 Å². The van der Waals surface area contributed by atoms with Crippen molar-refractivity contribution in [3.05, 3.63) is 34.6 Å². The van der Waals surface area contributed by atoms with Crippen LogP contribution in [0, 0.1) is 6.92 Å². The number of hydrogen-bond acceptors (Lipinski definition) is 4. The molecule has 1 heterocycles. The first-order valence-electron chi connectivity index (χ1n) is 6.34. The summed E-state index contributed by atoms with van der Waals surface area (Å²) >= 11 is 11.4. The number of hydrogen-bond donors (Lipinski definition) is 1. The minimum atomic E-state index is 0.739. The summed E-state index contributed by atoms with van der Waals surface area (Å²) in [5.41, 5.74) is 1.97. The molecule has 1 N–H and O–H groups in total. The van der Waals surface area contributed by atoms with Gasteiger partial charge < -0.3 is 5.32 Å². The predicted molar refractivity (Wildman–Crippen MR) is 84.1 cm³/mol. The second-order valence-electron chi connectivity index (χ2n) is 4.53. The first-order chi connectivity index (χ1) is 9.58. The number of aryl methyl sites for hydroxylation is 2. The lowest BCUT2D eigenvalue weighted by Gasteiger charge is -2.11. The van der Waals surface area contributed by atoms with Crippen LogP contribution in [0.4, 0.5) is 5.69 Å². The summed E-state index contributed by atoms with van der Waals surface area (Å²) in [4.78, 5) is 0.797. The SMILES string of the molecule is Cc1c(Cl)cccc1NC(=S)CCCc1nnnn1C. The maximum absolute atomic E-state index is 6.08. The molecule has 1 aromatic heterocycles. The van der Waals surface area contributed by atoms with Crippen molar-refractivity contribution < 1.29 is 0 Å². The van der Waals surface area contributed by atoms with Gasteiger partial charge in [0.15, 0.2) is 5.82 Å². The summed E-state index contributed by atoms with van der Waals surface area (Å²) in [6, 6.07) is 5.75. The molecule has 106 valence electrons. The summed E-state index contributed by atoms with van der Waals surface area (Å²) in [5.74, 6) is 0.867. The molecule has 2 rings (SSSR count). The summed E-state index contributed by atoms with van der Waals surface area (Å²) < 4.78 is 1.68. The number of benzene rings is 1. The van der Waals surface area contributed by atoms with Gasteiger partial charge in [-0.15, -0.1) is 5.10 Å². The first-order valence-corrected chi connectivity index (χ1v) is 7.12. The fraction of sp³-hybridized carbons (Fsp3) is 0.385. The number of thiocarbonyl (C=S) groups is 1. The normalized spacial score (nSPS) is 10.6. The molecule has 2 aromatic rings. The Morgan fingerprint density at radius 1 is 1.45 bits per heavy atom. The Hall–Kier alpha value is -1.53. The Morgan fingerprint density at radius 2 is 2.25 bits per heavy atom. The fourth-order valence-corrected chi connectivity index (χ4v) is 2.25. The molecular formula is C13H16ClN5S. The highest BCUT2D eigenvalue weighted by atomic mass is 35.5. The van der Waals surface area contributed by atoms with Crippen molar-refractivity contribution in [1.29, 1.82) is 0 Å². The maximum atomic E-state index is 6.08. The summed E-state index contributed by atoms with van der Waals surface area (Å²) in [5, 5.41) is 15.3. The van der Waals surface area contributed by atoms with E-state index in [4.69, 9.17) is 23.8 Å². The van der Waals surface area contributed by atoms with Gasteiger partial charge in [-0.1, -0.05) is 29.9 Å². The van der Waals surface area contributed by atoms with Crippen molar-refractivity contribution in [3.63, 3.8) is 0 Å². The standard InChI is InChI=1S/C13H16ClN5S/c1-9-10(14)5-3-6-11(9)15-13(20)8-4-7-12-16-17-18-19(12)2/h3,5-6H,4,7-8H2,1-2H3,(H,15,20). The van der Waals surface area contributed by atoms with Crippen molar-refractivity contribution in [3.8, 4) is 0 Å². The number of anilines is 1. The molecule has 0 bridgehead atoms. The van der Waals surface area contributed by atoms with Crippen molar-refractivity contribution in [1.82, 2.24) is 20.2 Å². The molecule has 0 saturated carbocycles. The van der Waals surface area contributed by atoms with E-state index in [9.17, 15) is 0 Å². The minimum Gasteiger partial charge on any atom is -0.350 e. The first kappa shape index (κ1) is 14.9. The van der Waals surface area contributed by atoms with Gasteiger partial charge in [0, 0.05) is 24.2 Å². The lowest BCUT2D eigenvalue weighted by Crippen LogP contribution is -2.11. The molecule has 0 fully saturated rings. The number of aromatic nitrogens is 4. The highest BCUT2D eigenvalue weighted by Crippen LogP contribution is 2.23. The Balaban J connectivity index is 1.84. The van der Waals surface area contributed by atoms with Crippen molar-refractivity contribution in [2.24, 2.45) is 7.05 Å². The van der Waals surface area contributed by atoms with E-state index >= 15 is 0 Å². The predicted octanol–water partition coefficient (Wildman–Crippen LogP) is 2.93.